The van der Waals surface area contributed by atoms with Gasteiger partial charge >= 0.3 is 12.2 Å². The first-order valence-electron chi connectivity index (χ1n) is 2.76. The second-order valence-electron chi connectivity index (χ2n) is 1.88. The highest BCUT2D eigenvalue weighted by atomic mass is 127. The van der Waals surface area contributed by atoms with Crippen LogP contribution in [0.3, 0.4) is 0 Å². The Morgan fingerprint density at radius 3 is 1.38 bits per heavy atom. The monoisotopic (exact) mass is 430 g/mol. The number of alkyl halides is 4. The summed E-state index contributed by atoms with van der Waals surface area (Å²) in [6.45, 7) is -2.49. The lowest BCUT2D eigenvalue weighted by Gasteiger charge is -2.21. The average Bonchev–Trinajstić information content (AvgIpc) is 1.82. The molecular formula is C4H4F4I2O3. The molecule has 0 rings (SSSR count). The predicted octanol–water partition coefficient (Wildman–Crippen LogP) is 2.92. The number of hydrogen-bond donors (Lipinski definition) is 0. The first-order chi connectivity index (χ1) is 5.83. The lowest BCUT2D eigenvalue weighted by molar-refractivity contribution is -0.382. The zero-order chi connectivity index (χ0) is 10.5. The molecule has 0 saturated carbocycles. The van der Waals surface area contributed by atoms with E-state index in [0.29, 0.717) is 0 Å². The largest absolute Gasteiger partial charge is 0.384 e. The van der Waals surface area contributed by atoms with Crippen molar-refractivity contribution in [3.8, 4) is 0 Å². The van der Waals surface area contributed by atoms with Crippen molar-refractivity contribution in [2.24, 2.45) is 0 Å². The van der Waals surface area contributed by atoms with Gasteiger partial charge in [-0.15, -0.1) is 0 Å². The van der Waals surface area contributed by atoms with E-state index >= 15 is 0 Å². The molecule has 0 aromatic heterocycles. The van der Waals surface area contributed by atoms with Crippen LogP contribution in [0.15, 0.2) is 0 Å². The Kier molecular flexibility index (Phi) is 6.30. The van der Waals surface area contributed by atoms with Gasteiger partial charge in [-0.2, -0.15) is 17.6 Å². The summed E-state index contributed by atoms with van der Waals surface area (Å²) in [5.74, 6) is 0. The molecule has 9 heteroatoms. The SMILES string of the molecule is FC(F)(COI)OC(F)(F)COI. The van der Waals surface area contributed by atoms with Gasteiger partial charge in [0.1, 0.15) is 46.0 Å². The van der Waals surface area contributed by atoms with Crippen LogP contribution in [0.2, 0.25) is 0 Å². The average molecular weight is 430 g/mol. The Morgan fingerprint density at radius 1 is 0.846 bits per heavy atom. The number of hydrogen-bond acceptors (Lipinski definition) is 3. The highest BCUT2D eigenvalue weighted by Crippen LogP contribution is 2.28. The van der Waals surface area contributed by atoms with Crippen molar-refractivity contribution in [3.05, 3.63) is 0 Å². The lowest BCUT2D eigenvalue weighted by Crippen LogP contribution is -2.38. The summed E-state index contributed by atoms with van der Waals surface area (Å²) < 4.78 is 60.5. The number of halogens is 6. The topological polar surface area (TPSA) is 27.7 Å². The van der Waals surface area contributed by atoms with Crippen LogP contribution in [0.1, 0.15) is 0 Å². The molecule has 0 amide bonds. The van der Waals surface area contributed by atoms with E-state index in [-0.39, 0.29) is 0 Å². The van der Waals surface area contributed by atoms with Crippen molar-refractivity contribution in [2.45, 2.75) is 12.2 Å². The summed E-state index contributed by atoms with van der Waals surface area (Å²) in [4.78, 5) is 0. The fourth-order valence-electron chi connectivity index (χ4n) is 0.404. The summed E-state index contributed by atoms with van der Waals surface area (Å²) in [6, 6.07) is 0. The van der Waals surface area contributed by atoms with Crippen molar-refractivity contribution in [3.63, 3.8) is 0 Å². The highest BCUT2D eigenvalue weighted by Gasteiger charge is 2.44. The predicted molar refractivity (Wildman–Crippen MR) is 50.9 cm³/mol. The van der Waals surface area contributed by atoms with Gasteiger partial charge in [0.25, 0.3) is 0 Å². The van der Waals surface area contributed by atoms with Crippen LogP contribution in [-0.2, 0) is 10.9 Å². The second kappa shape index (κ2) is 5.82. The lowest BCUT2D eigenvalue weighted by atomic mass is 10.6. The Bertz CT molecular complexity index is 140. The van der Waals surface area contributed by atoms with Crippen molar-refractivity contribution in [2.75, 3.05) is 13.2 Å². The van der Waals surface area contributed by atoms with E-state index < -0.39 is 25.4 Å². The van der Waals surface area contributed by atoms with E-state index in [2.05, 4.69) is 10.9 Å². The molecule has 0 saturated heterocycles. The minimum Gasteiger partial charge on any atom is -0.307 e. The first kappa shape index (κ1) is 14.1. The van der Waals surface area contributed by atoms with E-state index in [4.69, 9.17) is 0 Å². The minimum atomic E-state index is -4.03. The fraction of sp³-hybridized carbons (Fsp3) is 1.00. The maximum atomic E-state index is 12.4. The molecule has 3 nitrogen and oxygen atoms in total. The van der Waals surface area contributed by atoms with Crippen molar-refractivity contribution in [1.29, 1.82) is 0 Å². The molecule has 0 aliphatic heterocycles. The standard InChI is InChI=1S/C4H4F4I2O3/c5-3(6,1-11-9)13-4(7,8)2-12-10/h1-2H2. The zero-order valence-electron chi connectivity index (χ0n) is 5.91. The number of ether oxygens (including phenoxy) is 1. The summed E-state index contributed by atoms with van der Waals surface area (Å²) >= 11 is 2.30. The van der Waals surface area contributed by atoms with Crippen molar-refractivity contribution < 1.29 is 28.4 Å². The first-order valence-corrected chi connectivity index (χ1v) is 4.52. The van der Waals surface area contributed by atoms with Gasteiger partial charge in [0.15, 0.2) is 13.2 Å². The van der Waals surface area contributed by atoms with Crippen LogP contribution in [-0.4, -0.2) is 25.4 Å². The smallest absolute Gasteiger partial charge is 0.307 e. The molecular weight excluding hydrogens is 426 g/mol. The van der Waals surface area contributed by atoms with Gasteiger partial charge in [-0.25, -0.2) is 0 Å². The Morgan fingerprint density at radius 2 is 1.15 bits per heavy atom. The minimum absolute atomic E-state index is 1.15. The molecule has 0 aromatic carbocycles. The van der Waals surface area contributed by atoms with Gasteiger partial charge in [-0.3, -0.25) is 4.74 Å². The van der Waals surface area contributed by atoms with Crippen LogP contribution >= 0.6 is 46.0 Å². The molecule has 0 aromatic rings. The third-order valence-electron chi connectivity index (χ3n) is 0.744. The van der Waals surface area contributed by atoms with Gasteiger partial charge in [0.05, 0.1) is 0 Å². The van der Waals surface area contributed by atoms with Crippen LogP contribution in [0.4, 0.5) is 17.6 Å². The fourth-order valence-corrected chi connectivity index (χ4v) is 1.13. The van der Waals surface area contributed by atoms with Crippen LogP contribution in [0, 0.1) is 0 Å². The summed E-state index contributed by atoms with van der Waals surface area (Å²) in [5, 5.41) is 0. The Balaban J connectivity index is 4.07. The summed E-state index contributed by atoms with van der Waals surface area (Å²) in [6.07, 6.45) is -8.06. The second-order valence-corrected chi connectivity index (χ2v) is 3.13. The molecule has 0 heterocycles. The molecule has 0 atom stereocenters. The van der Waals surface area contributed by atoms with Crippen LogP contribution < -0.4 is 0 Å². The van der Waals surface area contributed by atoms with Crippen molar-refractivity contribution >= 4 is 46.0 Å². The summed E-state index contributed by atoms with van der Waals surface area (Å²) in [5.41, 5.74) is 0. The number of rotatable bonds is 6. The molecule has 0 aliphatic carbocycles. The van der Waals surface area contributed by atoms with Crippen molar-refractivity contribution in [1.82, 2.24) is 0 Å². The molecule has 0 fully saturated rings. The van der Waals surface area contributed by atoms with Gasteiger partial charge < -0.3 is 6.13 Å². The van der Waals surface area contributed by atoms with Gasteiger partial charge in [0.2, 0.25) is 0 Å². The molecule has 80 valence electrons. The molecule has 0 unspecified atom stereocenters. The molecule has 0 N–H and O–H groups in total. The van der Waals surface area contributed by atoms with E-state index in [1.54, 1.807) is 0 Å². The van der Waals surface area contributed by atoms with Crippen LogP contribution in [0.25, 0.3) is 0 Å². The van der Waals surface area contributed by atoms with E-state index in [9.17, 15) is 17.6 Å². The molecule has 0 aliphatic rings. The molecule has 13 heavy (non-hydrogen) atoms. The van der Waals surface area contributed by atoms with E-state index in [1.165, 1.54) is 0 Å². The molecule has 0 spiro atoms. The van der Waals surface area contributed by atoms with Gasteiger partial charge in [0, 0.05) is 0 Å². The quantitative estimate of drug-likeness (QED) is 0.480. The van der Waals surface area contributed by atoms with E-state index in [0.717, 1.165) is 46.0 Å². The summed E-state index contributed by atoms with van der Waals surface area (Å²) in [7, 11) is 0. The Labute approximate surface area is 99.5 Å². The van der Waals surface area contributed by atoms with Gasteiger partial charge in [-0.05, 0) is 0 Å². The van der Waals surface area contributed by atoms with Gasteiger partial charge in [-0.1, -0.05) is 0 Å². The molecule has 0 radical (unpaired) electrons. The Hall–Kier alpha value is 1.06. The third kappa shape index (κ3) is 7.04. The molecule has 0 bridgehead atoms. The zero-order valence-corrected chi connectivity index (χ0v) is 10.2. The van der Waals surface area contributed by atoms with Crippen LogP contribution in [0.5, 0.6) is 0 Å². The highest BCUT2D eigenvalue weighted by molar-refractivity contribution is 14.1. The third-order valence-corrected chi connectivity index (χ3v) is 1.37. The maximum Gasteiger partial charge on any atom is 0.384 e. The maximum absolute atomic E-state index is 12.4. The van der Waals surface area contributed by atoms with E-state index in [1.807, 2.05) is 0 Å². The normalized spacial score (nSPS) is 13.4.